The van der Waals surface area contributed by atoms with E-state index in [1.807, 2.05) is 42.5 Å². The van der Waals surface area contributed by atoms with Crippen LogP contribution in [-0.4, -0.2) is 34.7 Å². The van der Waals surface area contributed by atoms with Crippen LogP contribution in [0.4, 0.5) is 11.4 Å². The molecule has 204 valence electrons. The molecule has 0 aliphatic carbocycles. The van der Waals surface area contributed by atoms with Gasteiger partial charge in [0.15, 0.2) is 0 Å². The number of carboxylic acid groups (broad SMARTS) is 1. The van der Waals surface area contributed by atoms with Crippen LogP contribution in [0.25, 0.3) is 32.3 Å². The summed E-state index contributed by atoms with van der Waals surface area (Å²) >= 11 is 0. The molecule has 4 amide bonds. The second kappa shape index (κ2) is 8.67. The summed E-state index contributed by atoms with van der Waals surface area (Å²) in [5.74, 6) is -3.49. The van der Waals surface area contributed by atoms with Gasteiger partial charge in [-0.15, -0.1) is 0 Å². The van der Waals surface area contributed by atoms with Crippen molar-refractivity contribution in [3.63, 3.8) is 0 Å². The van der Waals surface area contributed by atoms with E-state index < -0.39 is 29.6 Å². The van der Waals surface area contributed by atoms with Gasteiger partial charge in [0.2, 0.25) is 0 Å². The van der Waals surface area contributed by atoms with Crippen LogP contribution in [0, 0.1) is 0 Å². The monoisotopic (exact) mass is 562 g/mol. The lowest BCUT2D eigenvalue weighted by molar-refractivity contribution is 0.0695. The van der Waals surface area contributed by atoms with Crippen LogP contribution >= 0.6 is 0 Å². The van der Waals surface area contributed by atoms with Gasteiger partial charge in [-0.05, 0) is 82.9 Å². The van der Waals surface area contributed by atoms with E-state index in [4.69, 9.17) is 0 Å². The fraction of sp³-hybridized carbons (Fsp3) is 0. The van der Waals surface area contributed by atoms with Gasteiger partial charge >= 0.3 is 5.97 Å². The molecule has 0 bridgehead atoms. The van der Waals surface area contributed by atoms with E-state index >= 15 is 0 Å². The van der Waals surface area contributed by atoms with E-state index in [1.165, 1.54) is 53.4 Å². The molecule has 2 aliphatic heterocycles. The van der Waals surface area contributed by atoms with Crippen molar-refractivity contribution in [2.75, 3.05) is 9.80 Å². The minimum Gasteiger partial charge on any atom is -0.478 e. The quantitative estimate of drug-likeness (QED) is 0.196. The van der Waals surface area contributed by atoms with E-state index in [1.54, 1.807) is 12.1 Å². The molecule has 0 saturated heterocycles. The molecule has 0 radical (unpaired) electrons. The molecular formula is C35H18N2O6. The number of imide groups is 2. The van der Waals surface area contributed by atoms with Crippen LogP contribution in [-0.2, 0) is 0 Å². The summed E-state index contributed by atoms with van der Waals surface area (Å²) < 4.78 is 0. The zero-order valence-corrected chi connectivity index (χ0v) is 22.2. The molecule has 8 heteroatoms. The average molecular weight is 563 g/mol. The molecule has 6 aromatic rings. The molecule has 8 rings (SSSR count). The maximum absolute atomic E-state index is 14.1. The average Bonchev–Trinajstić information content (AvgIpc) is 3.02. The molecule has 0 spiro atoms. The number of nitrogens with zero attached hydrogens (tertiary/aromatic N) is 2. The lowest BCUT2D eigenvalue weighted by Gasteiger charge is -2.32. The molecule has 0 aromatic heterocycles. The molecule has 0 atom stereocenters. The topological polar surface area (TPSA) is 112 Å². The molecule has 0 saturated carbocycles. The highest BCUT2D eigenvalue weighted by Crippen LogP contribution is 2.41. The maximum Gasteiger partial charge on any atom is 0.335 e. The molecule has 2 aliphatic rings. The first-order valence-electron chi connectivity index (χ1n) is 13.5. The zero-order chi connectivity index (χ0) is 29.6. The summed E-state index contributed by atoms with van der Waals surface area (Å²) in [4.78, 5) is 68.9. The van der Waals surface area contributed by atoms with Crippen molar-refractivity contribution in [3.05, 3.63) is 131 Å². The lowest BCUT2D eigenvalue weighted by Crippen LogP contribution is -2.43. The van der Waals surface area contributed by atoms with Gasteiger partial charge in [0.1, 0.15) is 0 Å². The standard InChI is InChI=1S/C35H18N2O6/c38-31-23-12-14-25-30-26(15-13-24(29(23)30)32(39)36(31)22-10-8-18(9-11-22)35(42)43)34(41)37(33(25)40)28-7-3-6-21-16-19-4-1-2-5-20(19)17-27(21)28/h1-17H,(H,42,43). The van der Waals surface area contributed by atoms with Gasteiger partial charge in [-0.2, -0.15) is 0 Å². The number of hydrogen-bond acceptors (Lipinski definition) is 5. The Kier molecular flexibility index (Phi) is 4.97. The molecule has 43 heavy (non-hydrogen) atoms. The summed E-state index contributed by atoms with van der Waals surface area (Å²) in [5, 5.41) is 13.4. The zero-order valence-electron chi connectivity index (χ0n) is 22.2. The fourth-order valence-corrected chi connectivity index (χ4v) is 6.23. The molecule has 1 N–H and O–H groups in total. The number of rotatable bonds is 3. The summed E-state index contributed by atoms with van der Waals surface area (Å²) in [7, 11) is 0. The first kappa shape index (κ1) is 24.6. The van der Waals surface area contributed by atoms with Crippen molar-refractivity contribution in [1.29, 1.82) is 0 Å². The van der Waals surface area contributed by atoms with E-state index in [-0.39, 0.29) is 44.3 Å². The Balaban J connectivity index is 1.28. The van der Waals surface area contributed by atoms with Crippen molar-refractivity contribution < 1.29 is 29.1 Å². The lowest BCUT2D eigenvalue weighted by atomic mass is 9.85. The van der Waals surface area contributed by atoms with E-state index in [0.717, 1.165) is 26.4 Å². The maximum atomic E-state index is 14.1. The van der Waals surface area contributed by atoms with E-state index in [0.29, 0.717) is 5.69 Å². The summed E-state index contributed by atoms with van der Waals surface area (Å²) in [5.41, 5.74) is 1.44. The number of anilines is 2. The largest absolute Gasteiger partial charge is 0.478 e. The van der Waals surface area contributed by atoms with Crippen LogP contribution < -0.4 is 9.80 Å². The number of hydrogen-bond donors (Lipinski definition) is 1. The Morgan fingerprint density at radius 1 is 0.512 bits per heavy atom. The number of fused-ring (bicyclic) bond motifs is 2. The van der Waals surface area contributed by atoms with Crippen molar-refractivity contribution in [2.24, 2.45) is 0 Å². The number of aromatic carboxylic acids is 1. The molecular weight excluding hydrogens is 544 g/mol. The van der Waals surface area contributed by atoms with E-state index in [9.17, 15) is 29.1 Å². The number of carbonyl (C=O) groups is 5. The van der Waals surface area contributed by atoms with Gasteiger partial charge in [0, 0.05) is 38.4 Å². The van der Waals surface area contributed by atoms with Gasteiger partial charge in [-0.25, -0.2) is 14.6 Å². The Hall–Kier alpha value is -6.15. The number of amides is 4. The third kappa shape index (κ3) is 3.34. The van der Waals surface area contributed by atoms with Gasteiger partial charge in [0.05, 0.1) is 16.9 Å². The third-order valence-electron chi connectivity index (χ3n) is 8.23. The normalized spacial score (nSPS) is 14.3. The molecule has 6 aromatic carbocycles. The predicted molar refractivity (Wildman–Crippen MR) is 161 cm³/mol. The fourth-order valence-electron chi connectivity index (χ4n) is 6.23. The smallest absolute Gasteiger partial charge is 0.335 e. The second-order valence-corrected chi connectivity index (χ2v) is 10.5. The second-order valence-electron chi connectivity index (χ2n) is 10.5. The summed E-state index contributed by atoms with van der Waals surface area (Å²) in [6.07, 6.45) is 0. The number of carbonyl (C=O) groups excluding carboxylic acids is 4. The first-order valence-corrected chi connectivity index (χ1v) is 13.5. The van der Waals surface area contributed by atoms with Crippen molar-refractivity contribution in [2.45, 2.75) is 0 Å². The van der Waals surface area contributed by atoms with Crippen LogP contribution in [0.15, 0.2) is 103 Å². The molecule has 0 fully saturated rings. The van der Waals surface area contributed by atoms with Crippen molar-refractivity contribution in [1.82, 2.24) is 0 Å². The number of carboxylic acids is 1. The summed E-state index contributed by atoms with van der Waals surface area (Å²) in [6.45, 7) is 0. The number of benzene rings is 6. The Morgan fingerprint density at radius 3 is 1.53 bits per heavy atom. The third-order valence-corrected chi connectivity index (χ3v) is 8.23. The Labute approximate surface area is 243 Å². The van der Waals surface area contributed by atoms with Crippen LogP contribution in [0.3, 0.4) is 0 Å². The van der Waals surface area contributed by atoms with Crippen molar-refractivity contribution >= 4 is 73.3 Å². The van der Waals surface area contributed by atoms with Gasteiger partial charge < -0.3 is 5.11 Å². The predicted octanol–water partition coefficient (Wildman–Crippen LogP) is 6.45. The van der Waals surface area contributed by atoms with Gasteiger partial charge in [0.25, 0.3) is 23.6 Å². The first-order chi connectivity index (χ1) is 20.8. The molecule has 0 unspecified atom stereocenters. The van der Waals surface area contributed by atoms with E-state index in [2.05, 4.69) is 0 Å². The molecule has 8 nitrogen and oxygen atoms in total. The van der Waals surface area contributed by atoms with Crippen LogP contribution in [0.1, 0.15) is 51.8 Å². The molecule has 2 heterocycles. The highest BCUT2D eigenvalue weighted by molar-refractivity contribution is 6.42. The van der Waals surface area contributed by atoms with Crippen LogP contribution in [0.2, 0.25) is 0 Å². The highest BCUT2D eigenvalue weighted by atomic mass is 16.4. The SMILES string of the molecule is O=C(O)c1ccc(N2C(=O)c3ccc4c5c(ccc(c35)C2=O)C(=O)N(c2cccc3cc5ccccc5cc23)C4=O)cc1. The van der Waals surface area contributed by atoms with Crippen LogP contribution in [0.5, 0.6) is 0 Å². The summed E-state index contributed by atoms with van der Waals surface area (Å²) in [6, 6.07) is 28.8. The van der Waals surface area contributed by atoms with Crippen molar-refractivity contribution in [3.8, 4) is 0 Å². The minimum absolute atomic E-state index is 0.0144. The van der Waals surface area contributed by atoms with Gasteiger partial charge in [-0.3, -0.25) is 19.2 Å². The Morgan fingerprint density at radius 2 is 1.00 bits per heavy atom. The minimum atomic E-state index is -1.13. The Bertz CT molecular complexity index is 2230. The van der Waals surface area contributed by atoms with Gasteiger partial charge in [-0.1, -0.05) is 36.4 Å². The highest BCUT2D eigenvalue weighted by Gasteiger charge is 2.41.